The van der Waals surface area contributed by atoms with Gasteiger partial charge in [-0.1, -0.05) is 39.8 Å². The van der Waals surface area contributed by atoms with Crippen molar-refractivity contribution in [2.24, 2.45) is 7.05 Å². The summed E-state index contributed by atoms with van der Waals surface area (Å²) in [5.41, 5.74) is 3.40. The largest absolute Gasteiger partial charge is 0.319 e. The Morgan fingerprint density at radius 2 is 1.77 bits per heavy atom. The first-order chi connectivity index (χ1) is 14.5. The normalized spacial score (nSPS) is 9.97. The number of nitrogens with zero attached hydrogens (tertiary/aromatic N) is 2. The SMILES string of the molecule is CC.CC.Cc1cc2cnn(C)c2cc1-c1ccc(C(=O)Nc2ccccc2F)s1. The second-order valence-corrected chi connectivity index (χ2v) is 7.18. The third-order valence-corrected chi connectivity index (χ3v) is 5.43. The van der Waals surface area contributed by atoms with Crippen LogP contribution >= 0.6 is 11.3 Å². The first-order valence-corrected chi connectivity index (χ1v) is 10.9. The highest BCUT2D eigenvalue weighted by atomic mass is 32.1. The molecule has 0 atom stereocenters. The van der Waals surface area contributed by atoms with Crippen molar-refractivity contribution in [2.45, 2.75) is 34.6 Å². The van der Waals surface area contributed by atoms with Gasteiger partial charge in [0.1, 0.15) is 5.82 Å². The molecule has 0 unspecified atom stereocenters. The number of rotatable bonds is 3. The Morgan fingerprint density at radius 3 is 2.47 bits per heavy atom. The molecule has 4 aromatic rings. The Bertz CT molecular complexity index is 1130. The van der Waals surface area contributed by atoms with Crippen molar-refractivity contribution < 1.29 is 9.18 Å². The summed E-state index contributed by atoms with van der Waals surface area (Å²) >= 11 is 1.39. The Labute approximate surface area is 181 Å². The highest BCUT2D eigenvalue weighted by molar-refractivity contribution is 7.17. The molecule has 0 aliphatic carbocycles. The van der Waals surface area contributed by atoms with E-state index in [-0.39, 0.29) is 11.6 Å². The van der Waals surface area contributed by atoms with E-state index < -0.39 is 5.82 Å². The van der Waals surface area contributed by atoms with E-state index in [1.165, 1.54) is 17.4 Å². The molecular weight excluding hydrogens is 397 g/mol. The van der Waals surface area contributed by atoms with E-state index in [4.69, 9.17) is 0 Å². The average molecular weight is 426 g/mol. The first-order valence-electron chi connectivity index (χ1n) is 10.1. The molecule has 1 amide bonds. The van der Waals surface area contributed by atoms with Gasteiger partial charge in [-0.3, -0.25) is 9.48 Å². The molecule has 0 fully saturated rings. The molecule has 30 heavy (non-hydrogen) atoms. The molecule has 0 aliphatic heterocycles. The number of hydrogen-bond donors (Lipinski definition) is 1. The number of anilines is 1. The third-order valence-electron chi connectivity index (χ3n) is 4.31. The molecule has 4 nitrogen and oxygen atoms in total. The van der Waals surface area contributed by atoms with Crippen molar-refractivity contribution in [3.05, 3.63) is 71.0 Å². The number of thiophene rings is 1. The van der Waals surface area contributed by atoms with Crippen molar-refractivity contribution in [3.8, 4) is 10.4 Å². The molecule has 0 saturated heterocycles. The molecule has 0 spiro atoms. The smallest absolute Gasteiger partial charge is 0.265 e. The molecule has 2 heterocycles. The summed E-state index contributed by atoms with van der Waals surface area (Å²) in [6.45, 7) is 10.0. The summed E-state index contributed by atoms with van der Waals surface area (Å²) < 4.78 is 15.6. The van der Waals surface area contributed by atoms with E-state index in [9.17, 15) is 9.18 Å². The number of carbonyl (C=O) groups excluding carboxylic acids is 1. The maximum atomic E-state index is 13.7. The summed E-state index contributed by atoms with van der Waals surface area (Å²) in [7, 11) is 1.91. The van der Waals surface area contributed by atoms with Gasteiger partial charge in [0.15, 0.2) is 0 Å². The van der Waals surface area contributed by atoms with Crippen molar-refractivity contribution >= 4 is 33.8 Å². The summed E-state index contributed by atoms with van der Waals surface area (Å²) in [5.74, 6) is -0.763. The van der Waals surface area contributed by atoms with Crippen LogP contribution in [-0.4, -0.2) is 15.7 Å². The second-order valence-electron chi connectivity index (χ2n) is 6.09. The minimum atomic E-state index is -0.449. The number of carbonyl (C=O) groups is 1. The molecule has 4 rings (SSSR count). The van der Waals surface area contributed by atoms with Crippen molar-refractivity contribution in [1.82, 2.24) is 9.78 Å². The molecule has 0 aliphatic rings. The van der Waals surface area contributed by atoms with E-state index in [0.29, 0.717) is 4.88 Å². The number of hydrogen-bond acceptors (Lipinski definition) is 3. The van der Waals surface area contributed by atoms with Crippen LogP contribution in [0.3, 0.4) is 0 Å². The number of aromatic nitrogens is 2. The van der Waals surface area contributed by atoms with Crippen LogP contribution in [0.4, 0.5) is 10.1 Å². The lowest BCUT2D eigenvalue weighted by Crippen LogP contribution is -2.11. The fraction of sp³-hybridized carbons (Fsp3) is 0.250. The van der Waals surface area contributed by atoms with E-state index >= 15 is 0 Å². The summed E-state index contributed by atoms with van der Waals surface area (Å²) in [6.07, 6.45) is 1.84. The quantitative estimate of drug-likeness (QED) is 0.382. The van der Waals surface area contributed by atoms with Crippen LogP contribution in [0.5, 0.6) is 0 Å². The molecule has 6 heteroatoms. The lowest BCUT2D eigenvalue weighted by molar-refractivity contribution is 0.103. The molecular formula is C24H28FN3OS. The van der Waals surface area contributed by atoms with Crippen LogP contribution in [0.1, 0.15) is 42.9 Å². The standard InChI is InChI=1S/C20H16FN3OS.2C2H6/c1-12-9-13-11-22-24(2)17(13)10-14(12)18-7-8-19(26-18)20(25)23-16-6-4-3-5-15(16)21;2*1-2/h3-11H,1-2H3,(H,23,25);2*1-2H3. The Kier molecular flexibility index (Phi) is 8.30. The van der Waals surface area contributed by atoms with Gasteiger partial charge in [0.2, 0.25) is 0 Å². The van der Waals surface area contributed by atoms with Crippen LogP contribution < -0.4 is 5.32 Å². The number of halogens is 1. The van der Waals surface area contributed by atoms with Gasteiger partial charge >= 0.3 is 0 Å². The van der Waals surface area contributed by atoms with E-state index in [1.807, 2.05) is 58.6 Å². The minimum absolute atomic E-state index is 0.180. The first kappa shape index (κ1) is 23.3. The van der Waals surface area contributed by atoms with Gasteiger partial charge in [-0.15, -0.1) is 11.3 Å². The number of nitrogens with one attached hydrogen (secondary N) is 1. The van der Waals surface area contributed by atoms with Gasteiger partial charge in [0, 0.05) is 17.3 Å². The van der Waals surface area contributed by atoms with Gasteiger partial charge in [0.05, 0.1) is 22.3 Å². The maximum absolute atomic E-state index is 13.7. The van der Waals surface area contributed by atoms with Gasteiger partial charge in [-0.2, -0.15) is 5.10 Å². The highest BCUT2D eigenvalue weighted by Gasteiger charge is 2.14. The molecule has 1 N–H and O–H groups in total. The Morgan fingerprint density at radius 1 is 1.07 bits per heavy atom. The fourth-order valence-electron chi connectivity index (χ4n) is 2.93. The van der Waals surface area contributed by atoms with Crippen molar-refractivity contribution in [1.29, 1.82) is 0 Å². The predicted molar refractivity (Wildman–Crippen MR) is 126 cm³/mol. The third kappa shape index (κ3) is 4.94. The highest BCUT2D eigenvalue weighted by Crippen LogP contribution is 2.33. The number of para-hydroxylation sites is 1. The number of benzene rings is 2. The average Bonchev–Trinajstić information content (AvgIpc) is 3.39. The number of aryl methyl sites for hydroxylation is 2. The zero-order chi connectivity index (χ0) is 22.3. The van der Waals surface area contributed by atoms with Gasteiger partial charge in [-0.05, 0) is 54.4 Å². The molecule has 2 aromatic heterocycles. The van der Waals surface area contributed by atoms with Crippen LogP contribution in [0.2, 0.25) is 0 Å². The second kappa shape index (κ2) is 10.7. The van der Waals surface area contributed by atoms with Gasteiger partial charge in [-0.25, -0.2) is 4.39 Å². The van der Waals surface area contributed by atoms with Crippen LogP contribution in [0, 0.1) is 12.7 Å². The number of amides is 1. The van der Waals surface area contributed by atoms with Crippen LogP contribution in [-0.2, 0) is 7.05 Å². The topological polar surface area (TPSA) is 46.9 Å². The minimum Gasteiger partial charge on any atom is -0.319 e. The molecule has 0 radical (unpaired) electrons. The monoisotopic (exact) mass is 425 g/mol. The Hall–Kier alpha value is -2.99. The van der Waals surface area contributed by atoms with Crippen LogP contribution in [0.15, 0.2) is 54.7 Å². The van der Waals surface area contributed by atoms with E-state index in [1.54, 1.807) is 24.3 Å². The summed E-state index contributed by atoms with van der Waals surface area (Å²) in [5, 5.41) is 7.99. The zero-order valence-electron chi connectivity index (χ0n) is 18.3. The molecule has 0 saturated carbocycles. The lowest BCUT2D eigenvalue weighted by atomic mass is 10.0. The Balaban J connectivity index is 0.000000757. The van der Waals surface area contributed by atoms with Crippen molar-refractivity contribution in [3.63, 3.8) is 0 Å². The molecule has 158 valence electrons. The van der Waals surface area contributed by atoms with Gasteiger partial charge < -0.3 is 5.32 Å². The predicted octanol–water partition coefficient (Wildman–Crippen LogP) is 7.05. The lowest BCUT2D eigenvalue weighted by Gasteiger charge is -2.05. The maximum Gasteiger partial charge on any atom is 0.265 e. The zero-order valence-corrected chi connectivity index (χ0v) is 19.1. The molecule has 0 bridgehead atoms. The number of fused-ring (bicyclic) bond motifs is 1. The van der Waals surface area contributed by atoms with E-state index in [2.05, 4.69) is 22.5 Å². The summed E-state index contributed by atoms with van der Waals surface area (Å²) in [6, 6.07) is 14.0. The van der Waals surface area contributed by atoms with Gasteiger partial charge in [0.25, 0.3) is 5.91 Å². The van der Waals surface area contributed by atoms with Crippen LogP contribution in [0.25, 0.3) is 21.3 Å². The molecule has 2 aromatic carbocycles. The summed E-state index contributed by atoms with van der Waals surface area (Å²) in [4.78, 5) is 14.0. The van der Waals surface area contributed by atoms with E-state index in [0.717, 1.165) is 26.9 Å². The fourth-order valence-corrected chi connectivity index (χ4v) is 3.91. The van der Waals surface area contributed by atoms with Crippen molar-refractivity contribution in [2.75, 3.05) is 5.32 Å².